The lowest BCUT2D eigenvalue weighted by atomic mass is 9.93. The number of methoxy groups -OCH3 is 1. The number of epoxide rings is 1. The summed E-state index contributed by atoms with van der Waals surface area (Å²) in [6, 6.07) is 0. The third-order valence-corrected chi connectivity index (χ3v) is 4.19. The summed E-state index contributed by atoms with van der Waals surface area (Å²) in [5.41, 5.74) is -0.819. The van der Waals surface area contributed by atoms with Crippen molar-refractivity contribution < 1.29 is 19.1 Å². The van der Waals surface area contributed by atoms with Crippen molar-refractivity contribution in [3.8, 4) is 0 Å². The first-order valence-electron chi connectivity index (χ1n) is 4.13. The predicted molar refractivity (Wildman–Crippen MR) is 60.6 cm³/mol. The first-order chi connectivity index (χ1) is 6.74. The first-order valence-corrected chi connectivity index (χ1v) is 5.72. The van der Waals surface area contributed by atoms with Crippen LogP contribution in [0.2, 0.25) is 0 Å². The molecule has 1 saturated heterocycles. The summed E-state index contributed by atoms with van der Waals surface area (Å²) in [6.07, 6.45) is 1.58. The molecule has 0 radical (unpaired) electrons. The quantitative estimate of drug-likeness (QED) is 0.448. The molecule has 1 atom stereocenters. The van der Waals surface area contributed by atoms with Crippen molar-refractivity contribution in [3.63, 3.8) is 0 Å². The van der Waals surface area contributed by atoms with E-state index in [0.717, 1.165) is 0 Å². The van der Waals surface area contributed by atoms with E-state index in [0.29, 0.717) is 4.48 Å². The van der Waals surface area contributed by atoms with Crippen LogP contribution < -0.4 is 0 Å². The summed E-state index contributed by atoms with van der Waals surface area (Å²) < 4.78 is 8.74. The lowest BCUT2D eigenvalue weighted by Gasteiger charge is -2.17. The van der Waals surface area contributed by atoms with Crippen LogP contribution in [-0.4, -0.2) is 23.6 Å². The van der Waals surface area contributed by atoms with Crippen LogP contribution in [0.25, 0.3) is 0 Å². The molecular weight excluding hydrogens is 332 g/mol. The molecule has 15 heavy (non-hydrogen) atoms. The number of ether oxygens (including phenoxy) is 2. The summed E-state index contributed by atoms with van der Waals surface area (Å²) in [6.45, 7) is 3.37. The van der Waals surface area contributed by atoms with Crippen LogP contribution >= 0.6 is 31.9 Å². The van der Waals surface area contributed by atoms with Crippen LogP contribution in [0.5, 0.6) is 0 Å². The Balaban J connectivity index is 2.88. The molecular formula is C9H10Br2O4. The van der Waals surface area contributed by atoms with Gasteiger partial charge in [-0.05, 0) is 45.7 Å². The van der Waals surface area contributed by atoms with Crippen molar-refractivity contribution in [1.82, 2.24) is 0 Å². The summed E-state index contributed by atoms with van der Waals surface area (Å²) in [5.74, 6) is -0.769. The zero-order chi connectivity index (χ0) is 11.9. The van der Waals surface area contributed by atoms with Gasteiger partial charge in [-0.15, -0.1) is 0 Å². The summed E-state index contributed by atoms with van der Waals surface area (Å²) in [7, 11) is 1.31. The predicted octanol–water partition coefficient (Wildman–Crippen LogP) is 2.11. The van der Waals surface area contributed by atoms with Crippen LogP contribution in [0.3, 0.4) is 0 Å². The summed E-state index contributed by atoms with van der Waals surface area (Å²) in [4.78, 5) is 22.3. The Morgan fingerprint density at radius 1 is 1.60 bits per heavy atom. The molecule has 0 aromatic carbocycles. The number of cyclic esters (lactones) is 1. The van der Waals surface area contributed by atoms with E-state index in [4.69, 9.17) is 4.74 Å². The van der Waals surface area contributed by atoms with Gasteiger partial charge in [-0.1, -0.05) is 6.08 Å². The van der Waals surface area contributed by atoms with E-state index in [2.05, 4.69) is 36.6 Å². The molecule has 0 unspecified atom stereocenters. The fourth-order valence-corrected chi connectivity index (χ4v) is 2.06. The fourth-order valence-electron chi connectivity index (χ4n) is 0.980. The van der Waals surface area contributed by atoms with E-state index in [1.807, 2.05) is 0 Å². The number of esters is 1. The van der Waals surface area contributed by atoms with Crippen LogP contribution in [0.1, 0.15) is 13.8 Å². The van der Waals surface area contributed by atoms with Crippen LogP contribution in [-0.2, 0) is 19.1 Å². The van der Waals surface area contributed by atoms with Crippen molar-refractivity contribution in [2.45, 2.75) is 18.4 Å². The van der Waals surface area contributed by atoms with E-state index >= 15 is 0 Å². The standard InChI is InChI=1S/C9H10Br2O4/c1-8(2,6(12)14-3)4-5(10)9(11)7(13)15-9/h4H,1-3H3/t9-/m1/s1. The van der Waals surface area contributed by atoms with E-state index in [9.17, 15) is 9.59 Å². The van der Waals surface area contributed by atoms with Gasteiger partial charge >= 0.3 is 11.9 Å². The molecule has 1 aliphatic rings. The van der Waals surface area contributed by atoms with Gasteiger partial charge in [0.15, 0.2) is 0 Å². The highest BCUT2D eigenvalue weighted by Crippen LogP contribution is 2.47. The smallest absolute Gasteiger partial charge is 0.369 e. The molecule has 0 saturated carbocycles. The van der Waals surface area contributed by atoms with Gasteiger partial charge in [-0.25, -0.2) is 4.79 Å². The SMILES string of the molecule is COC(=O)C(C)(C)C=C(Br)[C@@]1(Br)OC1=O. The fraction of sp³-hybridized carbons (Fsp3) is 0.556. The number of hydrogen-bond acceptors (Lipinski definition) is 4. The van der Waals surface area contributed by atoms with Crippen LogP contribution in [0.15, 0.2) is 10.6 Å². The Labute approximate surface area is 104 Å². The normalized spacial score (nSPS) is 25.9. The average Bonchev–Trinajstić information content (AvgIpc) is 2.74. The minimum absolute atomic E-state index is 0.383. The molecule has 0 aromatic heterocycles. The topological polar surface area (TPSA) is 55.9 Å². The molecule has 0 aliphatic carbocycles. The van der Waals surface area contributed by atoms with Gasteiger partial charge in [0.25, 0.3) is 4.51 Å². The number of carbonyl (C=O) groups excluding carboxylic acids is 2. The number of alkyl halides is 1. The van der Waals surface area contributed by atoms with E-state index in [-0.39, 0.29) is 11.9 Å². The largest absolute Gasteiger partial charge is 0.468 e. The lowest BCUT2D eigenvalue weighted by Crippen LogP contribution is -2.24. The monoisotopic (exact) mass is 340 g/mol. The Bertz CT molecular complexity index is 348. The molecule has 1 heterocycles. The van der Waals surface area contributed by atoms with Crippen LogP contribution in [0.4, 0.5) is 0 Å². The van der Waals surface area contributed by atoms with Crippen molar-refractivity contribution in [2.24, 2.45) is 5.41 Å². The number of carbonyl (C=O) groups is 2. The summed E-state index contributed by atoms with van der Waals surface area (Å²) in [5, 5.41) is 0. The Morgan fingerprint density at radius 3 is 2.40 bits per heavy atom. The van der Waals surface area contributed by atoms with Gasteiger partial charge in [0, 0.05) is 0 Å². The minimum Gasteiger partial charge on any atom is -0.468 e. The zero-order valence-electron chi connectivity index (χ0n) is 8.47. The molecule has 0 spiro atoms. The molecule has 84 valence electrons. The van der Waals surface area contributed by atoms with Gasteiger partial charge < -0.3 is 9.47 Å². The molecule has 1 rings (SSSR count). The average molecular weight is 342 g/mol. The van der Waals surface area contributed by atoms with Crippen molar-refractivity contribution in [1.29, 1.82) is 0 Å². The van der Waals surface area contributed by atoms with Gasteiger partial charge in [0.05, 0.1) is 17.0 Å². The molecule has 4 nitrogen and oxygen atoms in total. The Hall–Kier alpha value is -0.360. The van der Waals surface area contributed by atoms with Crippen LogP contribution in [0, 0.1) is 5.41 Å². The maximum Gasteiger partial charge on any atom is 0.369 e. The van der Waals surface area contributed by atoms with Gasteiger partial charge in [0.2, 0.25) is 0 Å². The van der Waals surface area contributed by atoms with Gasteiger partial charge in [-0.2, -0.15) is 0 Å². The maximum atomic E-state index is 11.4. The molecule has 1 fully saturated rings. The van der Waals surface area contributed by atoms with Gasteiger partial charge in [0.1, 0.15) is 0 Å². The highest BCUT2D eigenvalue weighted by atomic mass is 79.9. The molecule has 0 bridgehead atoms. The lowest BCUT2D eigenvalue weighted by molar-refractivity contribution is -0.148. The number of halogens is 2. The second-order valence-electron chi connectivity index (χ2n) is 3.69. The van der Waals surface area contributed by atoms with Crippen molar-refractivity contribution in [2.75, 3.05) is 7.11 Å². The first kappa shape index (κ1) is 12.7. The highest BCUT2D eigenvalue weighted by molar-refractivity contribution is 9.14. The molecule has 0 aromatic rings. The van der Waals surface area contributed by atoms with Gasteiger partial charge in [-0.3, -0.25) is 4.79 Å². The number of rotatable bonds is 3. The maximum absolute atomic E-state index is 11.4. The zero-order valence-corrected chi connectivity index (χ0v) is 11.6. The van der Waals surface area contributed by atoms with E-state index in [1.165, 1.54) is 7.11 Å². The van der Waals surface area contributed by atoms with Crippen molar-refractivity contribution >= 4 is 43.8 Å². The van der Waals surface area contributed by atoms with E-state index in [1.54, 1.807) is 19.9 Å². The molecule has 6 heteroatoms. The van der Waals surface area contributed by atoms with Crippen molar-refractivity contribution in [3.05, 3.63) is 10.6 Å². The Morgan fingerprint density at radius 2 is 2.07 bits per heavy atom. The second kappa shape index (κ2) is 3.90. The second-order valence-corrected chi connectivity index (χ2v) is 5.66. The highest BCUT2D eigenvalue weighted by Gasteiger charge is 2.59. The van der Waals surface area contributed by atoms with E-state index < -0.39 is 9.93 Å². The molecule has 1 aliphatic heterocycles. The Kier molecular flexibility index (Phi) is 3.30. The molecule has 0 N–H and O–H groups in total. The summed E-state index contributed by atoms with van der Waals surface area (Å²) >= 11 is 6.30. The molecule has 0 amide bonds. The third-order valence-electron chi connectivity index (χ3n) is 1.96. The number of hydrogen-bond donors (Lipinski definition) is 0. The minimum atomic E-state index is -1.10. The third kappa shape index (κ3) is 2.42.